The average Bonchev–Trinajstić information content (AvgIpc) is 2.72. The molecule has 0 unspecified atom stereocenters. The summed E-state index contributed by atoms with van der Waals surface area (Å²) in [4.78, 5) is 15.4. The van der Waals surface area contributed by atoms with Gasteiger partial charge in [0.15, 0.2) is 0 Å². The number of rotatable bonds is 4. The summed E-state index contributed by atoms with van der Waals surface area (Å²) in [5.41, 5.74) is 0. The van der Waals surface area contributed by atoms with E-state index in [-0.39, 0.29) is 11.7 Å². The molecule has 0 aromatic heterocycles. The lowest BCUT2D eigenvalue weighted by Crippen LogP contribution is -2.41. The zero-order valence-electron chi connectivity index (χ0n) is 12.8. The van der Waals surface area contributed by atoms with E-state index in [0.29, 0.717) is 26.2 Å². The van der Waals surface area contributed by atoms with Gasteiger partial charge in [-0.25, -0.2) is 12.7 Å². The van der Waals surface area contributed by atoms with E-state index in [0.717, 1.165) is 38.9 Å². The monoisotopic (exact) mass is 316 g/mol. The lowest BCUT2D eigenvalue weighted by Gasteiger charge is -2.27. The van der Waals surface area contributed by atoms with Crippen molar-refractivity contribution in [2.75, 3.05) is 51.6 Å². The third-order valence-electron chi connectivity index (χ3n) is 4.26. The Bertz CT molecular complexity index is 446. The van der Waals surface area contributed by atoms with Crippen molar-refractivity contribution in [1.29, 1.82) is 0 Å². The molecule has 0 aromatic rings. The zero-order chi connectivity index (χ0) is 15.3. The van der Waals surface area contributed by atoms with Crippen LogP contribution >= 0.6 is 0 Å². The molecule has 0 aromatic carbocycles. The maximum Gasteiger partial charge on any atom is 0.219 e. The zero-order valence-corrected chi connectivity index (χ0v) is 13.6. The van der Waals surface area contributed by atoms with Crippen molar-refractivity contribution in [1.82, 2.24) is 14.1 Å². The highest BCUT2D eigenvalue weighted by Gasteiger charge is 2.25. The standard InChI is InChI=1S/C14H26N3O3S/c1-14(18)16-7-5-6-15(10-11-16)12-13-21(19,20)17-8-3-2-4-9-17/h2H,3-13H2,1H3. The van der Waals surface area contributed by atoms with Crippen LogP contribution in [0, 0.1) is 6.42 Å². The fraction of sp³-hybridized carbons (Fsp3) is 0.857. The average molecular weight is 316 g/mol. The number of hydrogen-bond donors (Lipinski definition) is 0. The van der Waals surface area contributed by atoms with Gasteiger partial charge >= 0.3 is 0 Å². The minimum atomic E-state index is -3.13. The van der Waals surface area contributed by atoms with Crippen LogP contribution in [-0.4, -0.2) is 80.0 Å². The second-order valence-electron chi connectivity index (χ2n) is 5.78. The molecule has 2 saturated heterocycles. The molecule has 2 aliphatic heterocycles. The molecule has 1 radical (unpaired) electrons. The minimum absolute atomic E-state index is 0.106. The van der Waals surface area contributed by atoms with Gasteiger partial charge in [-0.3, -0.25) is 4.79 Å². The Hall–Kier alpha value is -0.660. The fourth-order valence-corrected chi connectivity index (χ4v) is 4.40. The maximum atomic E-state index is 12.3. The molecule has 7 heteroatoms. The molecule has 0 aliphatic carbocycles. The van der Waals surface area contributed by atoms with Crippen LogP contribution in [0.25, 0.3) is 0 Å². The van der Waals surface area contributed by atoms with E-state index in [1.165, 1.54) is 0 Å². The number of carbonyl (C=O) groups is 1. The van der Waals surface area contributed by atoms with Gasteiger partial charge in [-0.15, -0.1) is 0 Å². The van der Waals surface area contributed by atoms with Crippen molar-refractivity contribution in [2.45, 2.75) is 26.2 Å². The van der Waals surface area contributed by atoms with E-state index in [1.54, 1.807) is 11.2 Å². The summed E-state index contributed by atoms with van der Waals surface area (Å²) in [6, 6.07) is 0. The second kappa shape index (κ2) is 7.56. The highest BCUT2D eigenvalue weighted by atomic mass is 32.2. The predicted molar refractivity (Wildman–Crippen MR) is 82.2 cm³/mol. The largest absolute Gasteiger partial charge is 0.342 e. The normalized spacial score (nSPS) is 23.0. The van der Waals surface area contributed by atoms with Crippen LogP contribution in [-0.2, 0) is 14.8 Å². The van der Waals surface area contributed by atoms with E-state index in [2.05, 4.69) is 11.3 Å². The highest BCUT2D eigenvalue weighted by Crippen LogP contribution is 2.13. The van der Waals surface area contributed by atoms with Crippen molar-refractivity contribution in [3.8, 4) is 0 Å². The van der Waals surface area contributed by atoms with Crippen LogP contribution in [0.4, 0.5) is 0 Å². The van der Waals surface area contributed by atoms with E-state index in [4.69, 9.17) is 0 Å². The summed E-state index contributed by atoms with van der Waals surface area (Å²) < 4.78 is 26.2. The van der Waals surface area contributed by atoms with Crippen molar-refractivity contribution in [2.24, 2.45) is 0 Å². The SMILES string of the molecule is CC(=O)N1CCCN(CCS(=O)(=O)N2CC[CH]CC2)CC1. The number of amides is 1. The predicted octanol–water partition coefficient (Wildman–Crippen LogP) is 0.170. The third-order valence-corrected chi connectivity index (χ3v) is 6.11. The first-order chi connectivity index (χ1) is 9.99. The molecule has 2 heterocycles. The Morgan fingerprint density at radius 1 is 1.05 bits per heavy atom. The van der Waals surface area contributed by atoms with Crippen LogP contribution in [0.2, 0.25) is 0 Å². The molecule has 1 amide bonds. The van der Waals surface area contributed by atoms with Gasteiger partial charge in [-0.05, 0) is 32.2 Å². The Labute approximate surface area is 128 Å². The van der Waals surface area contributed by atoms with Gasteiger partial charge in [0.25, 0.3) is 0 Å². The number of carbonyl (C=O) groups excluding carboxylic acids is 1. The number of piperidine rings is 1. The first-order valence-electron chi connectivity index (χ1n) is 7.76. The number of sulfonamides is 1. The van der Waals surface area contributed by atoms with E-state index >= 15 is 0 Å². The van der Waals surface area contributed by atoms with Gasteiger partial charge in [0.1, 0.15) is 0 Å². The molecule has 0 saturated carbocycles. The second-order valence-corrected chi connectivity index (χ2v) is 7.87. The van der Waals surface area contributed by atoms with Crippen LogP contribution in [0.1, 0.15) is 26.2 Å². The molecule has 2 fully saturated rings. The van der Waals surface area contributed by atoms with Gasteiger partial charge in [-0.1, -0.05) is 0 Å². The van der Waals surface area contributed by atoms with Crippen LogP contribution < -0.4 is 0 Å². The Morgan fingerprint density at radius 3 is 2.43 bits per heavy atom. The van der Waals surface area contributed by atoms with Crippen LogP contribution in [0.15, 0.2) is 0 Å². The minimum Gasteiger partial charge on any atom is -0.342 e. The highest BCUT2D eigenvalue weighted by molar-refractivity contribution is 7.89. The molecule has 2 aliphatic rings. The molecule has 0 atom stereocenters. The van der Waals surface area contributed by atoms with Crippen molar-refractivity contribution in [3.63, 3.8) is 0 Å². The fourth-order valence-electron chi connectivity index (χ4n) is 2.89. The molecule has 2 rings (SSSR count). The van der Waals surface area contributed by atoms with Gasteiger partial charge in [0.05, 0.1) is 5.75 Å². The molecule has 21 heavy (non-hydrogen) atoms. The number of nitrogens with zero attached hydrogens (tertiary/aromatic N) is 3. The summed E-state index contributed by atoms with van der Waals surface area (Å²) >= 11 is 0. The van der Waals surface area contributed by atoms with Crippen molar-refractivity contribution < 1.29 is 13.2 Å². The third kappa shape index (κ3) is 4.93. The summed E-state index contributed by atoms with van der Waals surface area (Å²) in [6.07, 6.45) is 4.78. The van der Waals surface area contributed by atoms with Crippen LogP contribution in [0.3, 0.4) is 0 Å². The topological polar surface area (TPSA) is 60.9 Å². The summed E-state index contributed by atoms with van der Waals surface area (Å²) in [7, 11) is -3.13. The van der Waals surface area contributed by atoms with Gasteiger partial charge in [0.2, 0.25) is 15.9 Å². The lowest BCUT2D eigenvalue weighted by atomic mass is 10.2. The maximum absolute atomic E-state index is 12.3. The Balaban J connectivity index is 1.80. The van der Waals surface area contributed by atoms with E-state index in [1.807, 2.05) is 4.90 Å². The smallest absolute Gasteiger partial charge is 0.219 e. The lowest BCUT2D eigenvalue weighted by molar-refractivity contribution is -0.128. The van der Waals surface area contributed by atoms with Crippen molar-refractivity contribution in [3.05, 3.63) is 6.42 Å². The summed E-state index contributed by atoms with van der Waals surface area (Å²) in [6.45, 7) is 6.52. The van der Waals surface area contributed by atoms with Gasteiger partial charge in [0, 0.05) is 46.2 Å². The Morgan fingerprint density at radius 2 is 1.76 bits per heavy atom. The van der Waals surface area contributed by atoms with E-state index in [9.17, 15) is 13.2 Å². The molecule has 121 valence electrons. The number of hydrogen-bond acceptors (Lipinski definition) is 4. The van der Waals surface area contributed by atoms with Crippen LogP contribution in [0.5, 0.6) is 0 Å². The van der Waals surface area contributed by atoms with Gasteiger partial charge < -0.3 is 9.80 Å². The first-order valence-corrected chi connectivity index (χ1v) is 9.37. The summed E-state index contributed by atoms with van der Waals surface area (Å²) in [5, 5.41) is 0. The molecule has 0 bridgehead atoms. The molecule has 6 nitrogen and oxygen atoms in total. The molecular weight excluding hydrogens is 290 g/mol. The Kier molecular flexibility index (Phi) is 6.01. The quantitative estimate of drug-likeness (QED) is 0.742. The first kappa shape index (κ1) is 16.7. The molecule has 0 spiro atoms. The molecular formula is C14H26N3O3S. The van der Waals surface area contributed by atoms with E-state index < -0.39 is 10.0 Å². The van der Waals surface area contributed by atoms with Gasteiger partial charge in [-0.2, -0.15) is 0 Å². The summed E-state index contributed by atoms with van der Waals surface area (Å²) in [5.74, 6) is 0.293. The molecule has 0 N–H and O–H groups in total. The van der Waals surface area contributed by atoms with Crippen molar-refractivity contribution >= 4 is 15.9 Å².